The van der Waals surface area contributed by atoms with Gasteiger partial charge in [-0.25, -0.2) is 0 Å². The Balaban J connectivity index is 1.89. The lowest BCUT2D eigenvalue weighted by atomic mass is 9.80. The van der Waals surface area contributed by atoms with Crippen molar-refractivity contribution in [3.05, 3.63) is 65.7 Å². The second kappa shape index (κ2) is 8.06. The third-order valence-electron chi connectivity index (χ3n) is 6.06. The largest absolute Gasteiger partial charge is 0.354 e. The first-order chi connectivity index (χ1) is 13.3. The van der Waals surface area contributed by atoms with Crippen molar-refractivity contribution in [3.63, 3.8) is 0 Å². The molecule has 150 valence electrons. The Bertz CT molecular complexity index is 799. The summed E-state index contributed by atoms with van der Waals surface area (Å²) in [5, 5.41) is 0. The molecule has 28 heavy (non-hydrogen) atoms. The van der Waals surface area contributed by atoms with Crippen molar-refractivity contribution in [2.75, 3.05) is 32.1 Å². The highest BCUT2D eigenvalue weighted by molar-refractivity contribution is 6.03. The Morgan fingerprint density at radius 3 is 2.25 bits per heavy atom. The number of ketones is 1. The zero-order valence-corrected chi connectivity index (χ0v) is 17.7. The lowest BCUT2D eigenvalue weighted by Crippen LogP contribution is -2.52. The van der Waals surface area contributed by atoms with E-state index in [1.807, 2.05) is 56.6 Å². The van der Waals surface area contributed by atoms with Crippen LogP contribution in [0.25, 0.3) is 0 Å². The number of rotatable bonds is 7. The lowest BCUT2D eigenvalue weighted by Gasteiger charge is -2.38. The highest BCUT2D eigenvalue weighted by atomic mass is 16.5. The topological polar surface area (TPSA) is 32.8 Å². The number of ether oxygens (including phenoxy) is 1. The van der Waals surface area contributed by atoms with Gasteiger partial charge in [-0.05, 0) is 70.6 Å². The van der Waals surface area contributed by atoms with Crippen molar-refractivity contribution in [2.45, 2.75) is 44.9 Å². The Labute approximate surface area is 169 Å². The van der Waals surface area contributed by atoms with Crippen LogP contribution >= 0.6 is 0 Å². The van der Waals surface area contributed by atoms with Gasteiger partial charge in [0, 0.05) is 17.8 Å². The fourth-order valence-corrected chi connectivity index (χ4v) is 4.21. The predicted molar refractivity (Wildman–Crippen MR) is 115 cm³/mol. The van der Waals surface area contributed by atoms with Crippen LogP contribution in [0.2, 0.25) is 0 Å². The van der Waals surface area contributed by atoms with E-state index in [0.29, 0.717) is 6.42 Å². The SMILES string of the molecule is CCC(Cc1ccccc1)(C(=O)c1ccc(N2CCOC2(C)C)cc1)N(C)C. The highest BCUT2D eigenvalue weighted by Gasteiger charge is 2.40. The number of Topliss-reactive ketones (excluding diaryl/α,β-unsaturated/α-hetero) is 1. The molecule has 1 aliphatic rings. The summed E-state index contributed by atoms with van der Waals surface area (Å²) in [4.78, 5) is 17.9. The number of carbonyl (C=O) groups is 1. The van der Waals surface area contributed by atoms with Gasteiger partial charge in [-0.1, -0.05) is 37.3 Å². The van der Waals surface area contributed by atoms with Crippen molar-refractivity contribution in [1.82, 2.24) is 4.90 Å². The summed E-state index contributed by atoms with van der Waals surface area (Å²) in [6.45, 7) is 7.84. The number of carbonyl (C=O) groups excluding carboxylic acids is 1. The van der Waals surface area contributed by atoms with E-state index >= 15 is 0 Å². The maximum Gasteiger partial charge on any atom is 0.183 e. The van der Waals surface area contributed by atoms with E-state index in [1.54, 1.807) is 0 Å². The van der Waals surface area contributed by atoms with Gasteiger partial charge in [0.25, 0.3) is 0 Å². The third kappa shape index (κ3) is 3.85. The van der Waals surface area contributed by atoms with Crippen LogP contribution in [0.15, 0.2) is 54.6 Å². The quantitative estimate of drug-likeness (QED) is 0.667. The molecular weight excluding hydrogens is 348 g/mol. The zero-order chi connectivity index (χ0) is 20.4. The fraction of sp³-hybridized carbons (Fsp3) is 0.458. The summed E-state index contributed by atoms with van der Waals surface area (Å²) >= 11 is 0. The molecule has 1 atom stereocenters. The number of likely N-dealkylation sites (N-methyl/N-ethyl adjacent to an activating group) is 1. The second-order valence-electron chi connectivity index (χ2n) is 8.26. The third-order valence-corrected chi connectivity index (χ3v) is 6.06. The summed E-state index contributed by atoms with van der Waals surface area (Å²) < 4.78 is 5.81. The van der Waals surface area contributed by atoms with E-state index in [2.05, 4.69) is 42.7 Å². The summed E-state index contributed by atoms with van der Waals surface area (Å²) in [6.07, 6.45) is 1.45. The molecule has 0 aromatic heterocycles. The molecule has 1 fully saturated rings. The summed E-state index contributed by atoms with van der Waals surface area (Å²) in [5.74, 6) is 0.173. The second-order valence-corrected chi connectivity index (χ2v) is 8.26. The van der Waals surface area contributed by atoms with Crippen LogP contribution in [0.5, 0.6) is 0 Å². The number of anilines is 1. The molecule has 0 spiro atoms. The molecule has 4 nitrogen and oxygen atoms in total. The molecule has 2 aromatic rings. The summed E-state index contributed by atoms with van der Waals surface area (Å²) in [6, 6.07) is 18.3. The van der Waals surface area contributed by atoms with E-state index < -0.39 is 5.54 Å². The number of hydrogen-bond donors (Lipinski definition) is 0. The number of hydrogen-bond acceptors (Lipinski definition) is 4. The Hall–Kier alpha value is -2.17. The van der Waals surface area contributed by atoms with Crippen molar-refractivity contribution < 1.29 is 9.53 Å². The molecule has 1 aliphatic heterocycles. The van der Waals surface area contributed by atoms with E-state index in [4.69, 9.17) is 4.74 Å². The Morgan fingerprint density at radius 1 is 1.11 bits per heavy atom. The molecule has 0 amide bonds. The van der Waals surface area contributed by atoms with Crippen molar-refractivity contribution in [2.24, 2.45) is 0 Å². The average Bonchev–Trinajstić information content (AvgIpc) is 3.05. The van der Waals surface area contributed by atoms with Gasteiger partial charge in [0.1, 0.15) is 5.72 Å². The monoisotopic (exact) mass is 380 g/mol. The van der Waals surface area contributed by atoms with Gasteiger partial charge >= 0.3 is 0 Å². The summed E-state index contributed by atoms with van der Waals surface area (Å²) in [7, 11) is 4.01. The first-order valence-electron chi connectivity index (χ1n) is 10.1. The Morgan fingerprint density at radius 2 is 1.75 bits per heavy atom. The van der Waals surface area contributed by atoms with E-state index in [0.717, 1.165) is 30.8 Å². The minimum atomic E-state index is -0.557. The lowest BCUT2D eigenvalue weighted by molar-refractivity contribution is 0.0383. The maximum absolute atomic E-state index is 13.6. The van der Waals surface area contributed by atoms with Crippen LogP contribution in [-0.2, 0) is 11.2 Å². The summed E-state index contributed by atoms with van der Waals surface area (Å²) in [5.41, 5.74) is 2.16. The molecule has 3 rings (SSSR count). The average molecular weight is 381 g/mol. The molecule has 0 aliphatic carbocycles. The molecule has 0 radical (unpaired) electrons. The van der Waals surface area contributed by atoms with Crippen LogP contribution < -0.4 is 4.90 Å². The molecule has 1 unspecified atom stereocenters. The van der Waals surface area contributed by atoms with Gasteiger partial charge in [-0.3, -0.25) is 9.69 Å². The van der Waals surface area contributed by atoms with Crippen LogP contribution in [0.4, 0.5) is 5.69 Å². The highest BCUT2D eigenvalue weighted by Crippen LogP contribution is 2.31. The standard InChI is InChI=1S/C24H32N2O2/c1-6-24(25(4)5,18-19-10-8-7-9-11-19)22(27)20-12-14-21(15-13-20)26-16-17-28-23(26,2)3/h7-15H,6,16-18H2,1-5H3. The Kier molecular flexibility index (Phi) is 5.92. The van der Waals surface area contributed by atoms with Gasteiger partial charge in [0.05, 0.1) is 12.1 Å². The molecule has 4 heteroatoms. The van der Waals surface area contributed by atoms with Crippen molar-refractivity contribution in [1.29, 1.82) is 0 Å². The van der Waals surface area contributed by atoms with Gasteiger partial charge in [-0.15, -0.1) is 0 Å². The van der Waals surface area contributed by atoms with Crippen LogP contribution in [0.3, 0.4) is 0 Å². The molecule has 0 saturated carbocycles. The van der Waals surface area contributed by atoms with Gasteiger partial charge in [0.15, 0.2) is 5.78 Å². The predicted octanol–water partition coefficient (Wildman–Crippen LogP) is 4.40. The van der Waals surface area contributed by atoms with Crippen LogP contribution in [0.1, 0.15) is 43.1 Å². The first kappa shape index (κ1) is 20.6. The zero-order valence-electron chi connectivity index (χ0n) is 17.7. The van der Waals surface area contributed by atoms with Crippen molar-refractivity contribution in [3.8, 4) is 0 Å². The van der Waals surface area contributed by atoms with Crippen LogP contribution in [0, 0.1) is 0 Å². The van der Waals surface area contributed by atoms with E-state index in [1.165, 1.54) is 5.56 Å². The maximum atomic E-state index is 13.6. The molecule has 2 aromatic carbocycles. The molecule has 1 heterocycles. The van der Waals surface area contributed by atoms with Gasteiger partial charge in [0.2, 0.25) is 0 Å². The number of benzene rings is 2. The fourth-order valence-electron chi connectivity index (χ4n) is 4.21. The van der Waals surface area contributed by atoms with Crippen molar-refractivity contribution >= 4 is 11.5 Å². The van der Waals surface area contributed by atoms with Gasteiger partial charge in [-0.2, -0.15) is 0 Å². The van der Waals surface area contributed by atoms with E-state index in [9.17, 15) is 4.79 Å². The molecule has 0 N–H and O–H groups in total. The molecule has 0 bridgehead atoms. The first-order valence-corrected chi connectivity index (χ1v) is 10.1. The number of nitrogens with zero attached hydrogens (tertiary/aromatic N) is 2. The smallest absolute Gasteiger partial charge is 0.183 e. The molecular formula is C24H32N2O2. The normalized spacial score (nSPS) is 18.3. The van der Waals surface area contributed by atoms with E-state index in [-0.39, 0.29) is 11.5 Å². The molecule has 1 saturated heterocycles. The van der Waals surface area contributed by atoms with Crippen LogP contribution in [-0.4, -0.2) is 49.2 Å². The van der Waals surface area contributed by atoms with Gasteiger partial charge < -0.3 is 9.64 Å². The minimum Gasteiger partial charge on any atom is -0.354 e. The minimum absolute atomic E-state index is 0.173.